The number of nitrogens with zero attached hydrogens (tertiary/aromatic N) is 2. The van der Waals surface area contributed by atoms with Gasteiger partial charge in [-0.1, -0.05) is 36.4 Å². The summed E-state index contributed by atoms with van der Waals surface area (Å²) >= 11 is 0. The van der Waals surface area contributed by atoms with Crippen LogP contribution in [0.1, 0.15) is 22.1 Å². The Kier molecular flexibility index (Phi) is 4.16. The second kappa shape index (κ2) is 7.06. The molecule has 0 bridgehead atoms. The highest BCUT2D eigenvalue weighted by atomic mass is 16.5. The highest BCUT2D eigenvalue weighted by molar-refractivity contribution is 6.30. The molecule has 2 aliphatic heterocycles. The van der Waals surface area contributed by atoms with Gasteiger partial charge in [0, 0.05) is 54.4 Å². The van der Waals surface area contributed by atoms with Gasteiger partial charge in [0.2, 0.25) is 0 Å². The highest BCUT2D eigenvalue weighted by Crippen LogP contribution is 2.47. The van der Waals surface area contributed by atoms with E-state index < -0.39 is 0 Å². The molecule has 0 spiro atoms. The number of rotatable bonds is 3. The predicted octanol–water partition coefficient (Wildman–Crippen LogP) is 3.91. The Labute approximate surface area is 196 Å². The van der Waals surface area contributed by atoms with Gasteiger partial charge in [0.05, 0.1) is 28.2 Å². The van der Waals surface area contributed by atoms with E-state index in [9.17, 15) is 4.79 Å². The van der Waals surface area contributed by atoms with Crippen LogP contribution in [0.25, 0.3) is 43.6 Å². The topological polar surface area (TPSA) is 69.5 Å². The van der Waals surface area contributed by atoms with Gasteiger partial charge in [-0.3, -0.25) is 4.79 Å². The lowest BCUT2D eigenvalue weighted by Crippen LogP contribution is -2.48. The zero-order valence-corrected chi connectivity index (χ0v) is 19.4. The lowest BCUT2D eigenvalue weighted by Gasteiger charge is -2.35. The van der Waals surface area contributed by atoms with Gasteiger partial charge in [-0.2, -0.15) is 0 Å². The Morgan fingerprint density at radius 2 is 1.65 bits per heavy atom. The van der Waals surface area contributed by atoms with Crippen molar-refractivity contribution in [1.29, 1.82) is 0 Å². The maximum Gasteiger partial charge on any atom is 0.252 e. The third kappa shape index (κ3) is 2.29. The minimum Gasteiger partial charge on any atom is -0.375 e. The molecule has 0 saturated heterocycles. The van der Waals surface area contributed by atoms with E-state index in [-0.39, 0.29) is 24.3 Å². The number of carbonyl (C=O) groups is 1. The van der Waals surface area contributed by atoms with E-state index in [0.29, 0.717) is 13.1 Å². The molecule has 0 aliphatic carbocycles. The Morgan fingerprint density at radius 1 is 0.941 bits per heavy atom. The molecule has 2 N–H and O–H groups in total. The molecule has 34 heavy (non-hydrogen) atoms. The molecule has 3 atom stereocenters. The van der Waals surface area contributed by atoms with Gasteiger partial charge < -0.3 is 29.2 Å². The normalized spacial score (nSPS) is 22.1. The minimum atomic E-state index is -0.345. The second-order valence-corrected chi connectivity index (χ2v) is 9.22. The van der Waals surface area contributed by atoms with Gasteiger partial charge in [-0.15, -0.1) is 0 Å². The van der Waals surface area contributed by atoms with Crippen LogP contribution in [-0.4, -0.2) is 48.5 Å². The molecule has 2 aliphatic rings. The second-order valence-electron chi connectivity index (χ2n) is 9.22. The summed E-state index contributed by atoms with van der Waals surface area (Å²) in [5.74, 6) is 0.00178. The van der Waals surface area contributed by atoms with Crippen molar-refractivity contribution in [2.75, 3.05) is 21.3 Å². The van der Waals surface area contributed by atoms with Crippen molar-refractivity contribution in [2.24, 2.45) is 0 Å². The predicted molar refractivity (Wildman–Crippen MR) is 133 cm³/mol. The van der Waals surface area contributed by atoms with Crippen LogP contribution < -0.4 is 10.6 Å². The summed E-state index contributed by atoms with van der Waals surface area (Å²) in [6.45, 7) is 1.22. The van der Waals surface area contributed by atoms with Crippen LogP contribution in [-0.2, 0) is 22.6 Å². The molecule has 7 heteroatoms. The monoisotopic (exact) mass is 454 g/mol. The fourth-order valence-electron chi connectivity index (χ4n) is 6.44. The summed E-state index contributed by atoms with van der Waals surface area (Å²) < 4.78 is 17.0. The first-order valence-electron chi connectivity index (χ1n) is 11.7. The maximum absolute atomic E-state index is 13.2. The fraction of sp³-hybridized carbons (Fsp3) is 0.296. The Balaban J connectivity index is 1.83. The number of para-hydroxylation sites is 2. The zero-order valence-electron chi connectivity index (χ0n) is 19.4. The van der Waals surface area contributed by atoms with Crippen molar-refractivity contribution in [3.63, 3.8) is 0 Å². The maximum atomic E-state index is 13.2. The van der Waals surface area contributed by atoms with Crippen molar-refractivity contribution in [2.45, 2.75) is 31.5 Å². The Hall–Kier alpha value is -3.39. The smallest absolute Gasteiger partial charge is 0.252 e. The standard InChI is InChI=1S/C27H26N4O3/c1-28-17-13-30-18-10-6-4-8-14(18)21-22-16(12-29-26(22)32)20-15-9-5-7-11-19(15)31(24(20)23(21)30)27(34-3)25(17)33-2/h4-11,17,25,27-28H,12-13H2,1-3H3,(H,29,32). The Morgan fingerprint density at radius 3 is 2.35 bits per heavy atom. The molecule has 5 aromatic rings. The van der Waals surface area contributed by atoms with Crippen molar-refractivity contribution in [3.8, 4) is 0 Å². The van der Waals surface area contributed by atoms with Gasteiger partial charge in [-0.05, 0) is 24.7 Å². The van der Waals surface area contributed by atoms with Crippen LogP contribution in [0, 0.1) is 0 Å². The summed E-state index contributed by atoms with van der Waals surface area (Å²) in [4.78, 5) is 13.2. The van der Waals surface area contributed by atoms with Crippen LogP contribution in [0.15, 0.2) is 48.5 Å². The number of hydrogen-bond acceptors (Lipinski definition) is 4. The number of methoxy groups -OCH3 is 2. The molecule has 7 rings (SSSR count). The van der Waals surface area contributed by atoms with Gasteiger partial charge >= 0.3 is 0 Å². The number of nitrogens with one attached hydrogen (secondary N) is 2. The van der Waals surface area contributed by atoms with Crippen LogP contribution in [0.2, 0.25) is 0 Å². The third-order valence-corrected chi connectivity index (χ3v) is 7.81. The molecule has 172 valence electrons. The summed E-state index contributed by atoms with van der Waals surface area (Å²) in [7, 11) is 5.46. The summed E-state index contributed by atoms with van der Waals surface area (Å²) in [5.41, 5.74) is 6.26. The first kappa shape index (κ1) is 20.0. The fourth-order valence-corrected chi connectivity index (χ4v) is 6.44. The number of aromatic nitrogens is 2. The largest absolute Gasteiger partial charge is 0.375 e. The van der Waals surface area contributed by atoms with E-state index >= 15 is 0 Å². The van der Waals surface area contributed by atoms with E-state index in [1.54, 1.807) is 14.2 Å². The van der Waals surface area contributed by atoms with Crippen molar-refractivity contribution in [3.05, 3.63) is 59.7 Å². The lowest BCUT2D eigenvalue weighted by atomic mass is 9.96. The van der Waals surface area contributed by atoms with E-state index in [1.165, 1.54) is 0 Å². The number of ether oxygens (including phenoxy) is 2. The lowest BCUT2D eigenvalue weighted by molar-refractivity contribution is -0.0894. The van der Waals surface area contributed by atoms with Crippen molar-refractivity contribution >= 4 is 49.5 Å². The molecule has 3 aromatic carbocycles. The highest BCUT2D eigenvalue weighted by Gasteiger charge is 2.39. The molecule has 0 saturated carbocycles. The first-order chi connectivity index (χ1) is 16.7. The summed E-state index contributed by atoms with van der Waals surface area (Å²) in [6, 6.07) is 16.8. The molecular weight excluding hydrogens is 428 g/mol. The van der Waals surface area contributed by atoms with Gasteiger partial charge in [0.1, 0.15) is 6.10 Å². The zero-order chi connectivity index (χ0) is 23.1. The molecule has 0 radical (unpaired) electrons. The van der Waals surface area contributed by atoms with E-state index in [0.717, 1.165) is 54.7 Å². The van der Waals surface area contributed by atoms with Gasteiger partial charge in [0.15, 0.2) is 6.23 Å². The molecule has 0 fully saturated rings. The average Bonchev–Trinajstić information content (AvgIpc) is 3.50. The average molecular weight is 455 g/mol. The number of carbonyl (C=O) groups excluding carboxylic acids is 1. The first-order valence-corrected chi connectivity index (χ1v) is 11.7. The van der Waals surface area contributed by atoms with E-state index in [2.05, 4.69) is 68.3 Å². The SMILES string of the molecule is CNC1Cn2c3ccccc3c3c4c(c5c6ccccc6n(c5c32)C(OC)C1OC)CNC4=O. The molecule has 1 amide bonds. The van der Waals surface area contributed by atoms with Crippen molar-refractivity contribution < 1.29 is 14.3 Å². The molecule has 7 nitrogen and oxygen atoms in total. The summed E-state index contributed by atoms with van der Waals surface area (Å²) in [5, 5.41) is 11.0. The molecular formula is C27H26N4O3. The molecule has 2 aromatic heterocycles. The quantitative estimate of drug-likeness (QED) is 0.434. The van der Waals surface area contributed by atoms with Gasteiger partial charge in [0.25, 0.3) is 5.91 Å². The third-order valence-electron chi connectivity index (χ3n) is 7.81. The van der Waals surface area contributed by atoms with Gasteiger partial charge in [-0.25, -0.2) is 0 Å². The number of likely N-dealkylation sites (N-methyl/N-ethyl adjacent to an activating group) is 1. The molecule has 3 unspecified atom stereocenters. The number of fused-ring (bicyclic) bond motifs is 9. The number of benzene rings is 3. The van der Waals surface area contributed by atoms with Crippen molar-refractivity contribution in [1.82, 2.24) is 19.8 Å². The van der Waals surface area contributed by atoms with Crippen LogP contribution in [0.4, 0.5) is 0 Å². The van der Waals surface area contributed by atoms with Crippen LogP contribution >= 0.6 is 0 Å². The summed E-state index contributed by atoms with van der Waals surface area (Å²) in [6.07, 6.45) is -0.575. The molecule has 4 heterocycles. The van der Waals surface area contributed by atoms with E-state index in [4.69, 9.17) is 9.47 Å². The van der Waals surface area contributed by atoms with Crippen LogP contribution in [0.5, 0.6) is 0 Å². The van der Waals surface area contributed by atoms with Crippen LogP contribution in [0.3, 0.4) is 0 Å². The number of amides is 1. The number of hydrogen-bond donors (Lipinski definition) is 2. The van der Waals surface area contributed by atoms with E-state index in [1.807, 2.05) is 7.05 Å². The minimum absolute atomic E-state index is 0.00178. The Bertz CT molecular complexity index is 1650.